The van der Waals surface area contributed by atoms with Crippen LogP contribution in [0, 0.1) is 0 Å². The average Bonchev–Trinajstić information content (AvgIpc) is 3.21. The molecule has 0 aliphatic heterocycles. The molecule has 0 aliphatic rings. The Kier molecular flexibility index (Phi) is 2.78. The quantitative estimate of drug-likeness (QED) is 0.564. The van der Waals surface area contributed by atoms with Crippen molar-refractivity contribution in [3.05, 3.63) is 58.9 Å². The molecule has 0 unspecified atom stereocenters. The summed E-state index contributed by atoms with van der Waals surface area (Å²) in [5, 5.41) is 12.2. The molecule has 0 saturated heterocycles. The molecule has 4 aromatic rings. The second-order valence-corrected chi connectivity index (χ2v) is 4.56. The molecule has 8 nitrogen and oxygen atoms in total. The van der Waals surface area contributed by atoms with Crippen LogP contribution in [0.1, 0.15) is 5.89 Å². The van der Waals surface area contributed by atoms with Crippen molar-refractivity contribution in [1.29, 1.82) is 0 Å². The number of nitrogens with zero attached hydrogens (tertiary/aromatic N) is 5. The van der Waals surface area contributed by atoms with Gasteiger partial charge in [0.2, 0.25) is 11.7 Å². The molecule has 0 radical (unpaired) electrons. The van der Waals surface area contributed by atoms with Crippen molar-refractivity contribution in [2.45, 2.75) is 6.54 Å². The van der Waals surface area contributed by atoms with E-state index >= 15 is 0 Å². The van der Waals surface area contributed by atoms with Gasteiger partial charge in [-0.2, -0.15) is 4.98 Å². The Morgan fingerprint density at radius 1 is 1.14 bits per heavy atom. The lowest BCUT2D eigenvalue weighted by atomic mass is 10.2. The van der Waals surface area contributed by atoms with E-state index in [0.29, 0.717) is 22.5 Å². The minimum Gasteiger partial charge on any atom is -0.461 e. The van der Waals surface area contributed by atoms with Gasteiger partial charge in [-0.3, -0.25) is 4.79 Å². The minimum atomic E-state index is -0.261. The normalized spacial score (nSPS) is 11.1. The van der Waals surface area contributed by atoms with Crippen LogP contribution in [0.3, 0.4) is 0 Å². The zero-order valence-electron chi connectivity index (χ0n) is 11.2. The lowest BCUT2D eigenvalue weighted by molar-refractivity contribution is 0.360. The van der Waals surface area contributed by atoms with E-state index in [2.05, 4.69) is 20.5 Å². The summed E-state index contributed by atoms with van der Waals surface area (Å²) in [6, 6.07) is 10.5. The fourth-order valence-corrected chi connectivity index (χ4v) is 2.08. The van der Waals surface area contributed by atoms with Gasteiger partial charge in [-0.25, -0.2) is 4.68 Å². The predicted molar refractivity (Wildman–Crippen MR) is 74.9 cm³/mol. The molecule has 3 heterocycles. The van der Waals surface area contributed by atoms with Gasteiger partial charge in [-0.15, -0.1) is 5.10 Å². The summed E-state index contributed by atoms with van der Waals surface area (Å²) in [6.45, 7) is 0.0460. The molecular weight excluding hydrogens is 286 g/mol. The van der Waals surface area contributed by atoms with Crippen LogP contribution in [0.2, 0.25) is 0 Å². The van der Waals surface area contributed by atoms with Gasteiger partial charge < -0.3 is 8.94 Å². The molecule has 8 heteroatoms. The van der Waals surface area contributed by atoms with Crippen LogP contribution in [0.5, 0.6) is 0 Å². The Morgan fingerprint density at radius 3 is 2.91 bits per heavy atom. The molecule has 1 aromatic carbocycles. The number of hydrogen-bond donors (Lipinski definition) is 0. The lowest BCUT2D eigenvalue weighted by Gasteiger charge is -2.00. The molecule has 0 bridgehead atoms. The van der Waals surface area contributed by atoms with Crippen molar-refractivity contribution in [3.63, 3.8) is 0 Å². The summed E-state index contributed by atoms with van der Waals surface area (Å²) in [5.41, 5.74) is 0.286. The Labute approximate surface area is 123 Å². The van der Waals surface area contributed by atoms with Crippen molar-refractivity contribution in [1.82, 2.24) is 25.1 Å². The molecule has 4 rings (SSSR count). The number of furan rings is 1. The number of hydrogen-bond acceptors (Lipinski definition) is 7. The summed E-state index contributed by atoms with van der Waals surface area (Å²) in [4.78, 5) is 16.5. The lowest BCUT2D eigenvalue weighted by Crippen LogP contribution is -2.24. The summed E-state index contributed by atoms with van der Waals surface area (Å²) in [7, 11) is 0. The SMILES string of the molecule is O=c1c2ccccc2nnn1Cc1nc(-c2ccco2)no1. The van der Waals surface area contributed by atoms with Crippen molar-refractivity contribution in [3.8, 4) is 11.6 Å². The van der Waals surface area contributed by atoms with Crippen LogP contribution in [0.25, 0.3) is 22.5 Å². The van der Waals surface area contributed by atoms with Crippen LogP contribution >= 0.6 is 0 Å². The standard InChI is InChI=1S/C14H9N5O3/c20-14-9-4-1-2-5-10(9)16-18-19(14)8-12-15-13(17-22-12)11-6-3-7-21-11/h1-7H,8H2. The third-order valence-corrected chi connectivity index (χ3v) is 3.12. The molecule has 108 valence electrons. The number of benzene rings is 1. The first kappa shape index (κ1) is 12.5. The van der Waals surface area contributed by atoms with Crippen molar-refractivity contribution in [2.24, 2.45) is 0 Å². The molecule has 0 aliphatic carbocycles. The summed E-state index contributed by atoms with van der Waals surface area (Å²) in [5.74, 6) is 1.06. The maximum absolute atomic E-state index is 12.3. The molecule has 3 aromatic heterocycles. The number of aromatic nitrogens is 5. The molecule has 0 N–H and O–H groups in total. The highest BCUT2D eigenvalue weighted by atomic mass is 16.5. The number of fused-ring (bicyclic) bond motifs is 1. The molecule has 0 spiro atoms. The topological polar surface area (TPSA) is 99.8 Å². The van der Waals surface area contributed by atoms with Gasteiger partial charge >= 0.3 is 0 Å². The van der Waals surface area contributed by atoms with Crippen LogP contribution in [-0.2, 0) is 6.54 Å². The van der Waals surface area contributed by atoms with Crippen LogP contribution in [0.4, 0.5) is 0 Å². The Morgan fingerprint density at radius 2 is 2.05 bits per heavy atom. The Balaban J connectivity index is 1.69. The van der Waals surface area contributed by atoms with Gasteiger partial charge in [0.15, 0.2) is 5.76 Å². The van der Waals surface area contributed by atoms with Gasteiger partial charge in [0.25, 0.3) is 5.56 Å². The monoisotopic (exact) mass is 295 g/mol. The van der Waals surface area contributed by atoms with Gasteiger partial charge in [0, 0.05) is 0 Å². The molecule has 0 atom stereocenters. The highest BCUT2D eigenvalue weighted by Crippen LogP contribution is 2.15. The fourth-order valence-electron chi connectivity index (χ4n) is 2.08. The Bertz CT molecular complexity index is 987. The van der Waals surface area contributed by atoms with Gasteiger partial charge in [-0.05, 0) is 24.3 Å². The first-order valence-corrected chi connectivity index (χ1v) is 6.50. The van der Waals surface area contributed by atoms with Gasteiger partial charge in [-0.1, -0.05) is 22.5 Å². The smallest absolute Gasteiger partial charge is 0.278 e. The van der Waals surface area contributed by atoms with E-state index in [4.69, 9.17) is 8.94 Å². The van der Waals surface area contributed by atoms with E-state index in [9.17, 15) is 4.79 Å². The van der Waals surface area contributed by atoms with E-state index in [-0.39, 0.29) is 18.0 Å². The summed E-state index contributed by atoms with van der Waals surface area (Å²) in [6.07, 6.45) is 1.52. The Hall–Kier alpha value is -3.29. The molecule has 0 fully saturated rings. The highest BCUT2D eigenvalue weighted by Gasteiger charge is 2.13. The van der Waals surface area contributed by atoms with E-state index < -0.39 is 0 Å². The fraction of sp³-hybridized carbons (Fsp3) is 0.0714. The molecule has 22 heavy (non-hydrogen) atoms. The third-order valence-electron chi connectivity index (χ3n) is 3.12. The average molecular weight is 295 g/mol. The third kappa shape index (κ3) is 2.06. The van der Waals surface area contributed by atoms with Crippen LogP contribution in [-0.4, -0.2) is 25.1 Å². The van der Waals surface area contributed by atoms with Crippen molar-refractivity contribution >= 4 is 10.9 Å². The zero-order valence-corrected chi connectivity index (χ0v) is 11.2. The zero-order chi connectivity index (χ0) is 14.9. The van der Waals surface area contributed by atoms with Gasteiger partial charge in [0.1, 0.15) is 12.1 Å². The second kappa shape index (κ2) is 4.92. The van der Waals surface area contributed by atoms with E-state index in [1.807, 2.05) is 0 Å². The maximum Gasteiger partial charge on any atom is 0.278 e. The van der Waals surface area contributed by atoms with Gasteiger partial charge in [0.05, 0.1) is 11.6 Å². The first-order chi connectivity index (χ1) is 10.8. The minimum absolute atomic E-state index is 0.0460. The van der Waals surface area contributed by atoms with Crippen LogP contribution < -0.4 is 5.56 Å². The molecule has 0 saturated carbocycles. The highest BCUT2D eigenvalue weighted by molar-refractivity contribution is 5.76. The van der Waals surface area contributed by atoms with E-state index in [1.54, 1.807) is 36.4 Å². The molecule has 0 amide bonds. The number of rotatable bonds is 3. The summed E-state index contributed by atoms with van der Waals surface area (Å²) >= 11 is 0. The largest absolute Gasteiger partial charge is 0.461 e. The van der Waals surface area contributed by atoms with Crippen molar-refractivity contribution in [2.75, 3.05) is 0 Å². The summed E-state index contributed by atoms with van der Waals surface area (Å²) < 4.78 is 11.5. The van der Waals surface area contributed by atoms with E-state index in [0.717, 1.165) is 0 Å². The molecular formula is C14H9N5O3. The van der Waals surface area contributed by atoms with Crippen LogP contribution in [0.15, 0.2) is 56.4 Å². The van der Waals surface area contributed by atoms with Crippen molar-refractivity contribution < 1.29 is 8.94 Å². The predicted octanol–water partition coefficient (Wildman–Crippen LogP) is 1.48. The first-order valence-electron chi connectivity index (χ1n) is 6.50. The van der Waals surface area contributed by atoms with E-state index in [1.165, 1.54) is 10.9 Å². The maximum atomic E-state index is 12.3. The second-order valence-electron chi connectivity index (χ2n) is 4.56.